The van der Waals surface area contributed by atoms with Crippen molar-refractivity contribution in [2.24, 2.45) is 0 Å². The summed E-state index contributed by atoms with van der Waals surface area (Å²) in [5.74, 6) is -2.20. The Balaban J connectivity index is 2.70. The molecule has 0 unspecified atom stereocenters. The number of thiophene rings is 1. The van der Waals surface area contributed by atoms with Crippen LogP contribution < -0.4 is 0 Å². The zero-order valence-electron chi connectivity index (χ0n) is 8.69. The van der Waals surface area contributed by atoms with Gasteiger partial charge in [0.25, 0.3) is 5.78 Å². The predicted octanol–water partition coefficient (Wildman–Crippen LogP) is 2.73. The number of carbonyl (C=O) groups excluding carboxylic acids is 1. The van der Waals surface area contributed by atoms with E-state index < -0.39 is 11.8 Å². The number of rotatable bonds is 3. The summed E-state index contributed by atoms with van der Waals surface area (Å²) in [6.45, 7) is 1.92. The largest absolute Gasteiger partial charge is 0.475 e. The summed E-state index contributed by atoms with van der Waals surface area (Å²) >= 11 is 1.25. The minimum atomic E-state index is -1.39. The number of carboxylic acids is 1. The minimum absolute atomic E-state index is 0.358. The molecule has 0 bridgehead atoms. The molecule has 0 fully saturated rings. The van der Waals surface area contributed by atoms with Crippen LogP contribution in [-0.2, 0) is 11.2 Å². The van der Waals surface area contributed by atoms with Crippen LogP contribution in [0, 0.1) is 0 Å². The first-order valence-electron chi connectivity index (χ1n) is 4.93. The number of hydrogen-bond donors (Lipinski definition) is 1. The molecule has 4 heteroatoms. The Hall–Kier alpha value is -1.68. The molecule has 1 heterocycles. The Labute approximate surface area is 96.3 Å². The highest BCUT2D eigenvalue weighted by Crippen LogP contribution is 2.31. The van der Waals surface area contributed by atoms with E-state index in [0.29, 0.717) is 11.3 Å². The molecule has 82 valence electrons. The van der Waals surface area contributed by atoms with Gasteiger partial charge in [0.15, 0.2) is 0 Å². The van der Waals surface area contributed by atoms with Crippen molar-refractivity contribution in [3.05, 3.63) is 34.7 Å². The van der Waals surface area contributed by atoms with Crippen molar-refractivity contribution >= 4 is 33.2 Å². The van der Waals surface area contributed by atoms with Crippen LogP contribution in [0.4, 0.5) is 0 Å². The van der Waals surface area contributed by atoms with E-state index in [0.717, 1.165) is 15.6 Å². The van der Waals surface area contributed by atoms with Crippen molar-refractivity contribution in [3.63, 3.8) is 0 Å². The summed E-state index contributed by atoms with van der Waals surface area (Å²) in [5, 5.41) is 9.72. The Morgan fingerprint density at radius 3 is 2.62 bits per heavy atom. The Morgan fingerprint density at radius 1 is 1.31 bits per heavy atom. The smallest absolute Gasteiger partial charge is 0.378 e. The summed E-state index contributed by atoms with van der Waals surface area (Å²) in [7, 11) is 0. The standard InChI is InChI=1S/C12H10O3S/c1-2-7-8-5-3-4-6-9(8)16-11(7)10(13)12(14)15/h3-6H,2H2,1H3,(H,14,15). The van der Waals surface area contributed by atoms with Crippen LogP contribution in [-0.4, -0.2) is 16.9 Å². The molecule has 0 atom stereocenters. The molecule has 0 aliphatic carbocycles. The summed E-state index contributed by atoms with van der Waals surface area (Å²) in [4.78, 5) is 22.6. The Kier molecular flexibility index (Phi) is 2.75. The van der Waals surface area contributed by atoms with Crippen molar-refractivity contribution in [2.45, 2.75) is 13.3 Å². The van der Waals surface area contributed by atoms with E-state index in [1.807, 2.05) is 31.2 Å². The number of carboxylic acid groups (broad SMARTS) is 1. The van der Waals surface area contributed by atoms with Gasteiger partial charge in [0.2, 0.25) is 0 Å². The molecule has 16 heavy (non-hydrogen) atoms. The highest BCUT2D eigenvalue weighted by Gasteiger charge is 2.22. The summed E-state index contributed by atoms with van der Waals surface area (Å²) < 4.78 is 0.962. The van der Waals surface area contributed by atoms with Crippen LogP contribution >= 0.6 is 11.3 Å². The van der Waals surface area contributed by atoms with E-state index in [9.17, 15) is 9.59 Å². The molecule has 0 aliphatic rings. The third-order valence-corrected chi connectivity index (χ3v) is 3.66. The second-order valence-corrected chi connectivity index (χ2v) is 4.45. The molecular formula is C12H10O3S. The average Bonchev–Trinajstić information content (AvgIpc) is 2.65. The topological polar surface area (TPSA) is 54.4 Å². The molecule has 0 saturated heterocycles. The van der Waals surface area contributed by atoms with Gasteiger partial charge in [0.05, 0.1) is 4.88 Å². The lowest BCUT2D eigenvalue weighted by molar-refractivity contribution is -0.131. The first-order chi connectivity index (χ1) is 7.65. The second-order valence-electron chi connectivity index (χ2n) is 3.39. The number of hydrogen-bond acceptors (Lipinski definition) is 3. The third-order valence-electron chi connectivity index (χ3n) is 2.45. The fraction of sp³-hybridized carbons (Fsp3) is 0.167. The maximum atomic E-state index is 11.5. The molecule has 0 spiro atoms. The van der Waals surface area contributed by atoms with Gasteiger partial charge in [0, 0.05) is 4.70 Å². The van der Waals surface area contributed by atoms with Crippen molar-refractivity contribution < 1.29 is 14.7 Å². The van der Waals surface area contributed by atoms with E-state index in [4.69, 9.17) is 5.11 Å². The molecular weight excluding hydrogens is 224 g/mol. The van der Waals surface area contributed by atoms with Crippen molar-refractivity contribution in [2.75, 3.05) is 0 Å². The Bertz CT molecular complexity index is 569. The molecule has 1 N–H and O–H groups in total. The molecule has 0 saturated carbocycles. The molecule has 0 aliphatic heterocycles. The van der Waals surface area contributed by atoms with Gasteiger partial charge in [-0.1, -0.05) is 25.1 Å². The SMILES string of the molecule is CCc1c(C(=O)C(=O)O)sc2ccccc12. The van der Waals surface area contributed by atoms with Gasteiger partial charge < -0.3 is 5.11 Å². The molecule has 2 aromatic rings. The van der Waals surface area contributed by atoms with Gasteiger partial charge in [-0.2, -0.15) is 0 Å². The van der Waals surface area contributed by atoms with Crippen molar-refractivity contribution in [1.82, 2.24) is 0 Å². The molecule has 2 rings (SSSR count). The second kappa shape index (κ2) is 4.06. The summed E-state index contributed by atoms with van der Waals surface area (Å²) in [6, 6.07) is 7.59. The van der Waals surface area contributed by atoms with Gasteiger partial charge in [0.1, 0.15) is 0 Å². The molecule has 0 radical (unpaired) electrons. The van der Waals surface area contributed by atoms with Gasteiger partial charge >= 0.3 is 5.97 Å². The van der Waals surface area contributed by atoms with Gasteiger partial charge in [-0.3, -0.25) is 4.79 Å². The zero-order valence-corrected chi connectivity index (χ0v) is 9.50. The maximum Gasteiger partial charge on any atom is 0.378 e. The first kappa shape index (κ1) is 10.8. The number of benzene rings is 1. The van der Waals surface area contributed by atoms with Crippen LogP contribution in [0.25, 0.3) is 10.1 Å². The predicted molar refractivity (Wildman–Crippen MR) is 63.2 cm³/mol. The number of aryl methyl sites for hydroxylation is 1. The van der Waals surface area contributed by atoms with Crippen molar-refractivity contribution in [1.29, 1.82) is 0 Å². The Morgan fingerprint density at radius 2 is 2.00 bits per heavy atom. The highest BCUT2D eigenvalue weighted by molar-refractivity contribution is 7.21. The summed E-state index contributed by atoms with van der Waals surface area (Å²) in [5.41, 5.74) is 0.841. The number of fused-ring (bicyclic) bond motifs is 1. The monoisotopic (exact) mass is 234 g/mol. The fourth-order valence-electron chi connectivity index (χ4n) is 1.73. The van der Waals surface area contributed by atoms with Gasteiger partial charge in [-0.15, -0.1) is 11.3 Å². The summed E-state index contributed by atoms with van der Waals surface area (Å²) in [6.07, 6.45) is 0.665. The van der Waals surface area contributed by atoms with Crippen molar-refractivity contribution in [3.8, 4) is 0 Å². The average molecular weight is 234 g/mol. The van der Waals surface area contributed by atoms with E-state index in [1.165, 1.54) is 11.3 Å². The van der Waals surface area contributed by atoms with Crippen LogP contribution in [0.15, 0.2) is 24.3 Å². The zero-order chi connectivity index (χ0) is 11.7. The van der Waals surface area contributed by atoms with Crippen LogP contribution in [0.1, 0.15) is 22.2 Å². The van der Waals surface area contributed by atoms with Gasteiger partial charge in [-0.05, 0) is 23.4 Å². The normalized spacial score (nSPS) is 10.6. The molecule has 3 nitrogen and oxygen atoms in total. The number of Topliss-reactive ketones (excluding diaryl/α,β-unsaturated/α-hetero) is 1. The van der Waals surface area contributed by atoms with Gasteiger partial charge in [-0.25, -0.2) is 4.79 Å². The van der Waals surface area contributed by atoms with Crippen LogP contribution in [0.2, 0.25) is 0 Å². The van der Waals surface area contributed by atoms with E-state index in [2.05, 4.69) is 0 Å². The van der Waals surface area contributed by atoms with E-state index in [-0.39, 0.29) is 0 Å². The minimum Gasteiger partial charge on any atom is -0.475 e. The van der Waals surface area contributed by atoms with Crippen LogP contribution in [0.5, 0.6) is 0 Å². The maximum absolute atomic E-state index is 11.5. The van der Waals surface area contributed by atoms with E-state index >= 15 is 0 Å². The molecule has 1 aromatic carbocycles. The third kappa shape index (κ3) is 1.61. The highest BCUT2D eigenvalue weighted by atomic mass is 32.1. The fourth-order valence-corrected chi connectivity index (χ4v) is 2.96. The number of carbonyl (C=O) groups is 2. The lowest BCUT2D eigenvalue weighted by Crippen LogP contribution is -2.12. The number of aliphatic carboxylic acids is 1. The van der Waals surface area contributed by atoms with Crippen LogP contribution in [0.3, 0.4) is 0 Å². The molecule has 0 amide bonds. The molecule has 1 aromatic heterocycles. The van der Waals surface area contributed by atoms with E-state index in [1.54, 1.807) is 0 Å². The number of ketones is 1. The first-order valence-corrected chi connectivity index (χ1v) is 5.74. The lowest BCUT2D eigenvalue weighted by Gasteiger charge is -1.96. The quantitative estimate of drug-likeness (QED) is 0.656. The lowest BCUT2D eigenvalue weighted by atomic mass is 10.1.